The predicted octanol–water partition coefficient (Wildman–Crippen LogP) is 8.49. The zero-order chi connectivity index (χ0) is 24.8. The predicted molar refractivity (Wildman–Crippen MR) is 151 cm³/mol. The minimum Gasteiger partial charge on any atom is -0.457 e. The van der Waals surface area contributed by atoms with Crippen LogP contribution in [0.3, 0.4) is 0 Å². The molecule has 0 radical (unpaired) electrons. The molecule has 0 amide bonds. The van der Waals surface area contributed by atoms with Crippen LogP contribution in [0.1, 0.15) is 5.56 Å². The first-order chi connectivity index (χ1) is 18.2. The van der Waals surface area contributed by atoms with Gasteiger partial charge in [-0.2, -0.15) is 0 Å². The number of aryl methyl sites for hydroxylation is 1. The highest BCUT2D eigenvalue weighted by molar-refractivity contribution is 6.09. The monoisotopic (exact) mass is 477 g/mol. The van der Waals surface area contributed by atoms with E-state index in [1.165, 1.54) is 21.7 Å². The van der Waals surface area contributed by atoms with Crippen molar-refractivity contribution in [1.82, 2.24) is 14.5 Å². The molecule has 0 aliphatic heterocycles. The highest BCUT2D eigenvalue weighted by Gasteiger charge is 2.14. The van der Waals surface area contributed by atoms with E-state index in [-0.39, 0.29) is 0 Å². The molecule has 0 spiro atoms. The van der Waals surface area contributed by atoms with Gasteiger partial charge >= 0.3 is 0 Å². The lowest BCUT2D eigenvalue weighted by Gasteiger charge is -2.10. The maximum absolute atomic E-state index is 6.39. The number of benzene rings is 4. The van der Waals surface area contributed by atoms with Gasteiger partial charge in [0.05, 0.1) is 16.7 Å². The topological polar surface area (TPSA) is 39.9 Å². The summed E-state index contributed by atoms with van der Waals surface area (Å²) in [6.45, 7) is 2.09. The van der Waals surface area contributed by atoms with E-state index in [0.29, 0.717) is 0 Å². The van der Waals surface area contributed by atoms with Crippen LogP contribution in [0.25, 0.3) is 49.7 Å². The standard InChI is InChI=1S/C33H23N3O/c1-22-15-16-34-33(17-22)36-31-12-5-4-11-28(31)29-14-13-27(20-32(29)36)37-26-10-6-9-24(18-26)30-19-23-7-2-3-8-25(23)21-35-30/h2-21H,1H3. The fourth-order valence-electron chi connectivity index (χ4n) is 5.00. The fourth-order valence-corrected chi connectivity index (χ4v) is 5.00. The first-order valence-corrected chi connectivity index (χ1v) is 12.3. The van der Waals surface area contributed by atoms with E-state index in [2.05, 4.69) is 88.2 Å². The number of rotatable bonds is 4. The van der Waals surface area contributed by atoms with Gasteiger partial charge in [0.25, 0.3) is 0 Å². The molecule has 3 heterocycles. The van der Waals surface area contributed by atoms with Gasteiger partial charge in [0.15, 0.2) is 0 Å². The highest BCUT2D eigenvalue weighted by atomic mass is 16.5. The van der Waals surface area contributed by atoms with Gasteiger partial charge < -0.3 is 4.74 Å². The Balaban J connectivity index is 1.30. The molecule has 0 aliphatic carbocycles. The normalized spacial score (nSPS) is 11.4. The molecule has 0 aliphatic rings. The Hall–Kier alpha value is -4.96. The molecule has 3 aromatic heterocycles. The second-order valence-corrected chi connectivity index (χ2v) is 9.27. The molecular formula is C33H23N3O. The van der Waals surface area contributed by atoms with Crippen molar-refractivity contribution in [2.24, 2.45) is 0 Å². The average Bonchev–Trinajstić information content (AvgIpc) is 3.26. The Bertz CT molecular complexity index is 1940. The van der Waals surface area contributed by atoms with Crippen LogP contribution < -0.4 is 4.74 Å². The smallest absolute Gasteiger partial charge is 0.137 e. The summed E-state index contributed by atoms with van der Waals surface area (Å²) in [4.78, 5) is 9.35. The van der Waals surface area contributed by atoms with Crippen LogP contribution in [0.15, 0.2) is 122 Å². The second kappa shape index (κ2) is 8.61. The first kappa shape index (κ1) is 21.3. The Morgan fingerprint density at radius 3 is 2.35 bits per heavy atom. The molecule has 0 saturated carbocycles. The fraction of sp³-hybridized carbons (Fsp3) is 0.0303. The van der Waals surface area contributed by atoms with Gasteiger partial charge in [0.2, 0.25) is 0 Å². The number of fused-ring (bicyclic) bond motifs is 4. The quantitative estimate of drug-likeness (QED) is 0.255. The number of hydrogen-bond donors (Lipinski definition) is 0. The van der Waals surface area contributed by atoms with Gasteiger partial charge in [0, 0.05) is 40.2 Å². The van der Waals surface area contributed by atoms with Crippen molar-refractivity contribution in [2.75, 3.05) is 0 Å². The number of nitrogens with zero attached hydrogens (tertiary/aromatic N) is 3. The molecule has 4 nitrogen and oxygen atoms in total. The van der Waals surface area contributed by atoms with E-state index in [9.17, 15) is 0 Å². The first-order valence-electron chi connectivity index (χ1n) is 12.3. The summed E-state index contributed by atoms with van der Waals surface area (Å²) in [7, 11) is 0. The summed E-state index contributed by atoms with van der Waals surface area (Å²) < 4.78 is 8.59. The van der Waals surface area contributed by atoms with Crippen LogP contribution >= 0.6 is 0 Å². The lowest BCUT2D eigenvalue weighted by molar-refractivity contribution is 0.483. The van der Waals surface area contributed by atoms with Crippen LogP contribution in [0.4, 0.5) is 0 Å². The maximum atomic E-state index is 6.39. The molecule has 7 aromatic rings. The van der Waals surface area contributed by atoms with Crippen LogP contribution in [-0.4, -0.2) is 14.5 Å². The van der Waals surface area contributed by atoms with Crippen molar-refractivity contribution >= 4 is 32.6 Å². The van der Waals surface area contributed by atoms with Crippen molar-refractivity contribution in [3.8, 4) is 28.6 Å². The van der Waals surface area contributed by atoms with Gasteiger partial charge in [-0.15, -0.1) is 0 Å². The number of pyridine rings is 2. The van der Waals surface area contributed by atoms with Crippen LogP contribution in [-0.2, 0) is 0 Å². The van der Waals surface area contributed by atoms with Crippen molar-refractivity contribution in [2.45, 2.75) is 6.92 Å². The van der Waals surface area contributed by atoms with Gasteiger partial charge in [-0.1, -0.05) is 54.6 Å². The molecule has 0 unspecified atom stereocenters. The minimum absolute atomic E-state index is 0.767. The Labute approximate surface area is 214 Å². The summed E-state index contributed by atoms with van der Waals surface area (Å²) in [5.74, 6) is 2.43. The molecule has 0 saturated heterocycles. The van der Waals surface area contributed by atoms with E-state index >= 15 is 0 Å². The van der Waals surface area contributed by atoms with Crippen molar-refractivity contribution in [3.63, 3.8) is 0 Å². The van der Waals surface area contributed by atoms with E-state index < -0.39 is 0 Å². The van der Waals surface area contributed by atoms with Gasteiger partial charge in [-0.25, -0.2) is 4.98 Å². The van der Waals surface area contributed by atoms with Crippen LogP contribution in [0.2, 0.25) is 0 Å². The molecule has 176 valence electrons. The Kier molecular flexibility index (Phi) is 4.96. The molecule has 0 bridgehead atoms. The second-order valence-electron chi connectivity index (χ2n) is 9.27. The van der Waals surface area contributed by atoms with Crippen molar-refractivity contribution in [1.29, 1.82) is 0 Å². The maximum Gasteiger partial charge on any atom is 0.137 e. The Morgan fingerprint density at radius 1 is 0.622 bits per heavy atom. The summed E-state index contributed by atoms with van der Waals surface area (Å²) in [5.41, 5.74) is 5.29. The summed E-state index contributed by atoms with van der Waals surface area (Å²) in [5, 5.41) is 4.66. The van der Waals surface area contributed by atoms with Crippen LogP contribution in [0.5, 0.6) is 11.5 Å². The molecule has 4 heteroatoms. The molecule has 4 aromatic carbocycles. The zero-order valence-corrected chi connectivity index (χ0v) is 20.3. The van der Waals surface area contributed by atoms with Gasteiger partial charge in [-0.05, 0) is 66.4 Å². The summed E-state index contributed by atoms with van der Waals surface area (Å²) in [6, 6.07) is 37.3. The van der Waals surface area contributed by atoms with Gasteiger partial charge in [-0.3, -0.25) is 9.55 Å². The number of hydrogen-bond acceptors (Lipinski definition) is 3. The number of ether oxygens (including phenoxy) is 1. The number of para-hydroxylation sites is 1. The molecular weight excluding hydrogens is 454 g/mol. The largest absolute Gasteiger partial charge is 0.457 e. The lowest BCUT2D eigenvalue weighted by Crippen LogP contribution is -1.97. The summed E-state index contributed by atoms with van der Waals surface area (Å²) in [6.07, 6.45) is 3.78. The number of aromatic nitrogens is 3. The average molecular weight is 478 g/mol. The highest BCUT2D eigenvalue weighted by Crippen LogP contribution is 2.35. The SMILES string of the molecule is Cc1ccnc(-n2c3ccccc3c3ccc(Oc4cccc(-c5cc6ccccc6cn5)c4)cc32)c1. The van der Waals surface area contributed by atoms with E-state index in [1.807, 2.05) is 54.9 Å². The summed E-state index contributed by atoms with van der Waals surface area (Å²) >= 11 is 0. The van der Waals surface area contributed by atoms with Gasteiger partial charge in [0.1, 0.15) is 17.3 Å². The molecule has 37 heavy (non-hydrogen) atoms. The third-order valence-electron chi connectivity index (χ3n) is 6.77. The van der Waals surface area contributed by atoms with E-state index in [4.69, 9.17) is 4.74 Å². The van der Waals surface area contributed by atoms with Crippen molar-refractivity contribution < 1.29 is 4.74 Å². The Morgan fingerprint density at radius 2 is 1.43 bits per heavy atom. The lowest BCUT2D eigenvalue weighted by atomic mass is 10.1. The molecule has 7 rings (SSSR count). The third kappa shape index (κ3) is 3.80. The minimum atomic E-state index is 0.767. The zero-order valence-electron chi connectivity index (χ0n) is 20.3. The molecule has 0 N–H and O–H groups in total. The van der Waals surface area contributed by atoms with E-state index in [1.54, 1.807) is 0 Å². The molecule has 0 atom stereocenters. The molecule has 0 fully saturated rings. The van der Waals surface area contributed by atoms with Crippen LogP contribution in [0, 0.1) is 6.92 Å². The van der Waals surface area contributed by atoms with Crippen molar-refractivity contribution in [3.05, 3.63) is 127 Å². The van der Waals surface area contributed by atoms with E-state index in [0.717, 1.165) is 45.0 Å². The third-order valence-corrected chi connectivity index (χ3v) is 6.77.